The highest BCUT2D eigenvalue weighted by Crippen LogP contribution is 2.18. The van der Waals surface area contributed by atoms with Gasteiger partial charge in [-0.2, -0.15) is 0 Å². The van der Waals surface area contributed by atoms with Gasteiger partial charge < -0.3 is 9.88 Å². The van der Waals surface area contributed by atoms with Crippen molar-refractivity contribution in [3.8, 4) is 0 Å². The Morgan fingerprint density at radius 3 is 2.91 bits per heavy atom. The van der Waals surface area contributed by atoms with Gasteiger partial charge in [-0.15, -0.1) is 10.2 Å². The van der Waals surface area contributed by atoms with Crippen LogP contribution in [0.2, 0.25) is 0 Å². The molecule has 1 aliphatic rings. The second-order valence-electron chi connectivity index (χ2n) is 6.33. The summed E-state index contributed by atoms with van der Waals surface area (Å²) in [5.74, 6) is 1.95. The predicted octanol–water partition coefficient (Wildman–Crippen LogP) is 2.73. The third kappa shape index (κ3) is 3.60. The van der Waals surface area contributed by atoms with Gasteiger partial charge in [0.15, 0.2) is 5.82 Å². The number of nitrogens with one attached hydrogen (secondary N) is 1. The van der Waals surface area contributed by atoms with Crippen LogP contribution in [0, 0.1) is 6.92 Å². The molecular weight excluding hydrogens is 288 g/mol. The van der Waals surface area contributed by atoms with Crippen LogP contribution in [-0.4, -0.2) is 20.7 Å². The van der Waals surface area contributed by atoms with E-state index < -0.39 is 0 Å². The molecule has 1 aliphatic heterocycles. The zero-order valence-corrected chi connectivity index (χ0v) is 13.9. The van der Waals surface area contributed by atoms with Crippen molar-refractivity contribution < 1.29 is 4.79 Å². The van der Waals surface area contributed by atoms with Crippen LogP contribution < -0.4 is 5.32 Å². The standard InChI is InChI=1S/C18H24N4O/c1-13-8-5-6-9-15(13)12-17(23)19-14(2)18-21-20-16-10-4-3-7-11-22(16)18/h5-6,8-9,14H,3-4,7,10-12H2,1-2H3,(H,19,23). The van der Waals surface area contributed by atoms with E-state index in [1.54, 1.807) is 0 Å². The molecule has 0 spiro atoms. The Morgan fingerprint density at radius 2 is 2.09 bits per heavy atom. The fraction of sp³-hybridized carbons (Fsp3) is 0.500. The lowest BCUT2D eigenvalue weighted by Crippen LogP contribution is -2.30. The van der Waals surface area contributed by atoms with Crippen molar-refractivity contribution in [1.82, 2.24) is 20.1 Å². The molecule has 3 rings (SSSR count). The molecule has 5 nitrogen and oxygen atoms in total. The van der Waals surface area contributed by atoms with E-state index in [0.29, 0.717) is 6.42 Å². The van der Waals surface area contributed by atoms with Gasteiger partial charge in [-0.25, -0.2) is 0 Å². The number of benzene rings is 1. The van der Waals surface area contributed by atoms with Crippen molar-refractivity contribution >= 4 is 5.91 Å². The van der Waals surface area contributed by atoms with Crippen LogP contribution in [0.5, 0.6) is 0 Å². The monoisotopic (exact) mass is 312 g/mol. The molecule has 23 heavy (non-hydrogen) atoms. The van der Waals surface area contributed by atoms with Gasteiger partial charge in [0, 0.05) is 13.0 Å². The summed E-state index contributed by atoms with van der Waals surface area (Å²) >= 11 is 0. The summed E-state index contributed by atoms with van der Waals surface area (Å²) in [4.78, 5) is 12.3. The van der Waals surface area contributed by atoms with Crippen molar-refractivity contribution in [2.75, 3.05) is 0 Å². The lowest BCUT2D eigenvalue weighted by atomic mass is 10.1. The molecule has 0 bridgehead atoms. The van der Waals surface area contributed by atoms with Gasteiger partial charge >= 0.3 is 0 Å². The predicted molar refractivity (Wildman–Crippen MR) is 89.0 cm³/mol. The molecular formula is C18H24N4O. The summed E-state index contributed by atoms with van der Waals surface area (Å²) in [7, 11) is 0. The lowest BCUT2D eigenvalue weighted by molar-refractivity contribution is -0.121. The van der Waals surface area contributed by atoms with Gasteiger partial charge in [0.25, 0.3) is 0 Å². The number of fused-ring (bicyclic) bond motifs is 1. The number of carbonyl (C=O) groups is 1. The molecule has 0 saturated carbocycles. The first kappa shape index (κ1) is 15.7. The van der Waals surface area contributed by atoms with Crippen LogP contribution in [0.25, 0.3) is 0 Å². The van der Waals surface area contributed by atoms with E-state index in [9.17, 15) is 4.79 Å². The maximum absolute atomic E-state index is 12.3. The Hall–Kier alpha value is -2.17. The minimum atomic E-state index is -0.120. The largest absolute Gasteiger partial charge is 0.346 e. The summed E-state index contributed by atoms with van der Waals surface area (Å²) in [6.45, 7) is 4.97. The molecule has 0 radical (unpaired) electrons. The zero-order valence-electron chi connectivity index (χ0n) is 13.9. The number of carbonyl (C=O) groups excluding carboxylic acids is 1. The van der Waals surface area contributed by atoms with Gasteiger partial charge in [0.2, 0.25) is 5.91 Å². The normalized spacial score (nSPS) is 15.6. The SMILES string of the molecule is Cc1ccccc1CC(=O)NC(C)c1nnc2n1CCCCC2. The number of hydrogen-bond acceptors (Lipinski definition) is 3. The minimum absolute atomic E-state index is 0.0257. The lowest BCUT2D eigenvalue weighted by Gasteiger charge is -2.15. The average Bonchev–Trinajstić information content (AvgIpc) is 2.79. The van der Waals surface area contributed by atoms with Crippen molar-refractivity contribution in [3.05, 3.63) is 47.0 Å². The Balaban J connectivity index is 1.67. The second kappa shape index (κ2) is 6.94. The molecule has 0 aliphatic carbocycles. The third-order valence-electron chi connectivity index (χ3n) is 4.52. The van der Waals surface area contributed by atoms with E-state index in [1.165, 1.54) is 12.8 Å². The van der Waals surface area contributed by atoms with Crippen LogP contribution in [0.4, 0.5) is 0 Å². The molecule has 122 valence electrons. The molecule has 0 fully saturated rings. The molecule has 2 heterocycles. The Labute approximate surface area is 137 Å². The highest BCUT2D eigenvalue weighted by atomic mass is 16.1. The van der Waals surface area contributed by atoms with Crippen molar-refractivity contribution in [3.63, 3.8) is 0 Å². The topological polar surface area (TPSA) is 59.8 Å². The zero-order chi connectivity index (χ0) is 16.2. The summed E-state index contributed by atoms with van der Waals surface area (Å²) < 4.78 is 2.19. The first-order valence-electron chi connectivity index (χ1n) is 8.41. The average molecular weight is 312 g/mol. The van der Waals surface area contributed by atoms with E-state index in [1.807, 2.05) is 38.1 Å². The second-order valence-corrected chi connectivity index (χ2v) is 6.33. The van der Waals surface area contributed by atoms with E-state index in [4.69, 9.17) is 0 Å². The molecule has 1 amide bonds. The summed E-state index contributed by atoms with van der Waals surface area (Å²) in [6, 6.07) is 7.88. The first-order valence-corrected chi connectivity index (χ1v) is 8.41. The van der Waals surface area contributed by atoms with Gasteiger partial charge in [0.05, 0.1) is 12.5 Å². The summed E-state index contributed by atoms with van der Waals surface area (Å²) in [5.41, 5.74) is 2.21. The molecule has 1 aromatic carbocycles. The van der Waals surface area contributed by atoms with Crippen LogP contribution >= 0.6 is 0 Å². The molecule has 1 aromatic heterocycles. The Morgan fingerprint density at radius 1 is 1.26 bits per heavy atom. The summed E-state index contributed by atoms with van der Waals surface area (Å²) in [5, 5.41) is 11.7. The van der Waals surface area contributed by atoms with Crippen molar-refractivity contribution in [2.45, 2.75) is 58.5 Å². The van der Waals surface area contributed by atoms with Gasteiger partial charge in [-0.05, 0) is 37.8 Å². The maximum Gasteiger partial charge on any atom is 0.225 e. The van der Waals surface area contributed by atoms with E-state index >= 15 is 0 Å². The minimum Gasteiger partial charge on any atom is -0.346 e. The Kier molecular flexibility index (Phi) is 4.74. The van der Waals surface area contributed by atoms with Gasteiger partial charge in [0.1, 0.15) is 5.82 Å². The smallest absolute Gasteiger partial charge is 0.225 e. The molecule has 1 unspecified atom stereocenters. The van der Waals surface area contributed by atoms with Crippen LogP contribution in [0.15, 0.2) is 24.3 Å². The Bertz CT molecular complexity index is 692. The van der Waals surface area contributed by atoms with E-state index in [2.05, 4.69) is 20.1 Å². The number of amides is 1. The van der Waals surface area contributed by atoms with Crippen LogP contribution in [0.1, 0.15) is 55.0 Å². The molecule has 1 atom stereocenters. The van der Waals surface area contributed by atoms with E-state index in [-0.39, 0.29) is 11.9 Å². The van der Waals surface area contributed by atoms with Crippen LogP contribution in [0.3, 0.4) is 0 Å². The maximum atomic E-state index is 12.3. The third-order valence-corrected chi connectivity index (χ3v) is 4.52. The number of nitrogens with zero attached hydrogens (tertiary/aromatic N) is 3. The fourth-order valence-electron chi connectivity index (χ4n) is 3.17. The summed E-state index contributed by atoms with van der Waals surface area (Å²) in [6.07, 6.45) is 4.94. The number of hydrogen-bond donors (Lipinski definition) is 1. The molecule has 5 heteroatoms. The number of rotatable bonds is 4. The first-order chi connectivity index (χ1) is 11.1. The van der Waals surface area contributed by atoms with Gasteiger partial charge in [-0.1, -0.05) is 30.7 Å². The van der Waals surface area contributed by atoms with E-state index in [0.717, 1.165) is 42.2 Å². The van der Waals surface area contributed by atoms with Crippen molar-refractivity contribution in [2.24, 2.45) is 0 Å². The molecule has 0 saturated heterocycles. The number of aryl methyl sites for hydroxylation is 2. The van der Waals surface area contributed by atoms with Crippen LogP contribution in [-0.2, 0) is 24.2 Å². The molecule has 2 aromatic rings. The quantitative estimate of drug-likeness (QED) is 0.944. The molecule has 1 N–H and O–H groups in total. The van der Waals surface area contributed by atoms with Crippen molar-refractivity contribution in [1.29, 1.82) is 0 Å². The fourth-order valence-corrected chi connectivity index (χ4v) is 3.17. The highest BCUT2D eigenvalue weighted by molar-refractivity contribution is 5.79. The van der Waals surface area contributed by atoms with Gasteiger partial charge in [-0.3, -0.25) is 4.79 Å². The number of aromatic nitrogens is 3. The highest BCUT2D eigenvalue weighted by Gasteiger charge is 2.20.